The molecule has 0 bridgehead atoms. The first-order valence-corrected chi connectivity index (χ1v) is 9.59. The van der Waals surface area contributed by atoms with E-state index in [1.807, 2.05) is 24.3 Å². The Bertz CT molecular complexity index is 843. The molecule has 0 spiro atoms. The second-order valence-electron chi connectivity index (χ2n) is 5.99. The standard InChI is InChI=1S/C20H18ClN3S/c21-20-22-19-18(16-12-6-7-13-17(16)25-19)24(23-20)14-8-2-5-11-15-9-3-1-4-10-15/h1-4,6-7,9-13,18-19,24H,8,14H2. The number of thioether (sulfide) groups is 1. The SMILES string of the molecule is ClC1=NC2Sc3ccccc3C2[NH+](CCC=C=Cc2ccccc2)[N-]1. The van der Waals surface area contributed by atoms with Gasteiger partial charge in [-0.15, -0.1) is 17.5 Å². The van der Waals surface area contributed by atoms with Crippen molar-refractivity contribution in [2.24, 2.45) is 4.99 Å². The first-order chi connectivity index (χ1) is 12.3. The molecule has 3 nitrogen and oxygen atoms in total. The van der Waals surface area contributed by atoms with Crippen molar-refractivity contribution >= 4 is 34.7 Å². The summed E-state index contributed by atoms with van der Waals surface area (Å²) >= 11 is 7.94. The normalized spacial score (nSPS) is 23.6. The first-order valence-electron chi connectivity index (χ1n) is 8.33. The Hall–Kier alpha value is -1.97. The molecule has 2 aromatic rings. The number of quaternary nitrogens is 1. The molecule has 0 radical (unpaired) electrons. The molecule has 0 amide bonds. The molecule has 3 unspecified atom stereocenters. The van der Waals surface area contributed by atoms with Crippen molar-refractivity contribution in [2.45, 2.75) is 22.7 Å². The number of halogens is 1. The highest BCUT2D eigenvalue weighted by atomic mass is 35.5. The summed E-state index contributed by atoms with van der Waals surface area (Å²) in [6, 6.07) is 19.0. The van der Waals surface area contributed by atoms with E-state index < -0.39 is 0 Å². The van der Waals surface area contributed by atoms with Crippen molar-refractivity contribution in [3.05, 3.63) is 83.0 Å². The van der Waals surface area contributed by atoms with Gasteiger partial charge in [0.15, 0.2) is 0 Å². The van der Waals surface area contributed by atoms with Gasteiger partial charge in [-0.1, -0.05) is 60.1 Å². The molecule has 0 saturated carbocycles. The van der Waals surface area contributed by atoms with Crippen LogP contribution in [0.25, 0.3) is 11.5 Å². The van der Waals surface area contributed by atoms with Gasteiger partial charge in [0.1, 0.15) is 6.04 Å². The molecule has 2 aliphatic rings. The third kappa shape index (κ3) is 3.68. The van der Waals surface area contributed by atoms with Crippen LogP contribution in [-0.4, -0.2) is 17.2 Å². The lowest BCUT2D eigenvalue weighted by atomic mass is 10.1. The number of hydrogen-bond donors (Lipinski definition) is 1. The smallest absolute Gasteiger partial charge is 0.135 e. The molecule has 0 aromatic heterocycles. The highest BCUT2D eigenvalue weighted by molar-refractivity contribution is 8.00. The molecule has 126 valence electrons. The van der Waals surface area contributed by atoms with Gasteiger partial charge < -0.3 is 4.99 Å². The van der Waals surface area contributed by atoms with E-state index >= 15 is 0 Å². The Morgan fingerprint density at radius 1 is 1.16 bits per heavy atom. The quantitative estimate of drug-likeness (QED) is 0.637. The third-order valence-corrected chi connectivity index (χ3v) is 5.75. The lowest BCUT2D eigenvalue weighted by Crippen LogP contribution is -3.10. The number of fused-ring (bicyclic) bond motifs is 3. The van der Waals surface area contributed by atoms with Crippen LogP contribution in [-0.2, 0) is 0 Å². The molecule has 0 saturated heterocycles. The van der Waals surface area contributed by atoms with Crippen LogP contribution in [0.15, 0.2) is 76.3 Å². The van der Waals surface area contributed by atoms with Gasteiger partial charge in [0.25, 0.3) is 0 Å². The van der Waals surface area contributed by atoms with Crippen molar-refractivity contribution in [1.29, 1.82) is 0 Å². The van der Waals surface area contributed by atoms with E-state index in [9.17, 15) is 0 Å². The Labute approximate surface area is 157 Å². The minimum atomic E-state index is 0.126. The van der Waals surface area contributed by atoms with Gasteiger partial charge in [0, 0.05) is 16.9 Å². The van der Waals surface area contributed by atoms with Crippen LogP contribution in [0, 0.1) is 0 Å². The lowest BCUT2D eigenvalue weighted by molar-refractivity contribution is -0.890. The molecule has 1 N–H and O–H groups in total. The molecule has 5 heteroatoms. The van der Waals surface area contributed by atoms with Crippen LogP contribution in [0.4, 0.5) is 0 Å². The number of nitrogens with zero attached hydrogens (tertiary/aromatic N) is 2. The Morgan fingerprint density at radius 3 is 2.84 bits per heavy atom. The number of amidine groups is 1. The molecule has 2 aromatic carbocycles. The zero-order chi connectivity index (χ0) is 17.1. The van der Waals surface area contributed by atoms with Crippen LogP contribution in [0.1, 0.15) is 23.6 Å². The maximum Gasteiger partial charge on any atom is 0.135 e. The fraction of sp³-hybridized carbons (Fsp3) is 0.200. The number of nitrogens with one attached hydrogen (secondary N) is 1. The Kier molecular flexibility index (Phi) is 4.95. The summed E-state index contributed by atoms with van der Waals surface area (Å²) in [5, 5.41) is 1.63. The molecule has 25 heavy (non-hydrogen) atoms. The predicted molar refractivity (Wildman–Crippen MR) is 105 cm³/mol. The Balaban J connectivity index is 1.45. The summed E-state index contributed by atoms with van der Waals surface area (Å²) < 4.78 is 0. The van der Waals surface area contributed by atoms with Crippen molar-refractivity contribution in [1.82, 2.24) is 0 Å². The van der Waals surface area contributed by atoms with Crippen molar-refractivity contribution in [3.63, 3.8) is 0 Å². The van der Waals surface area contributed by atoms with Gasteiger partial charge in [0.2, 0.25) is 0 Å². The number of hydrogen-bond acceptors (Lipinski definition) is 2. The van der Waals surface area contributed by atoms with E-state index in [1.54, 1.807) is 11.8 Å². The summed E-state index contributed by atoms with van der Waals surface area (Å²) in [6.07, 6.45) is 4.96. The van der Waals surface area contributed by atoms with Crippen molar-refractivity contribution < 1.29 is 5.01 Å². The number of benzene rings is 2. The largest absolute Gasteiger partial charge is 0.433 e. The van der Waals surface area contributed by atoms with Gasteiger partial charge in [-0.05, 0) is 23.8 Å². The van der Waals surface area contributed by atoms with Gasteiger partial charge in [-0.2, -0.15) is 0 Å². The molecule has 4 rings (SSSR count). The van der Waals surface area contributed by atoms with Gasteiger partial charge in [0.05, 0.1) is 17.2 Å². The summed E-state index contributed by atoms with van der Waals surface area (Å²) in [5.74, 6) is 0. The molecular formula is C20H18ClN3S. The van der Waals surface area contributed by atoms with Crippen LogP contribution in [0.3, 0.4) is 0 Å². The molecule has 2 aliphatic heterocycles. The highest BCUT2D eigenvalue weighted by Crippen LogP contribution is 2.44. The average molecular weight is 368 g/mol. The topological polar surface area (TPSA) is 30.9 Å². The molecule has 0 aliphatic carbocycles. The number of rotatable bonds is 4. The van der Waals surface area contributed by atoms with Gasteiger partial charge in [-0.25, -0.2) is 0 Å². The zero-order valence-corrected chi connectivity index (χ0v) is 15.2. The summed E-state index contributed by atoms with van der Waals surface area (Å²) in [4.78, 5) is 5.81. The van der Waals surface area contributed by atoms with E-state index in [2.05, 4.69) is 58.6 Å². The molecule has 2 heterocycles. The van der Waals surface area contributed by atoms with Crippen LogP contribution in [0.5, 0.6) is 0 Å². The minimum absolute atomic E-state index is 0.126. The molecule has 0 fully saturated rings. The molecule has 3 atom stereocenters. The van der Waals surface area contributed by atoms with Crippen molar-refractivity contribution in [2.75, 3.05) is 6.54 Å². The Morgan fingerprint density at radius 2 is 1.96 bits per heavy atom. The molecular weight excluding hydrogens is 350 g/mol. The van der Waals surface area contributed by atoms with E-state index in [-0.39, 0.29) is 11.4 Å². The highest BCUT2D eigenvalue weighted by Gasteiger charge is 2.38. The zero-order valence-electron chi connectivity index (χ0n) is 13.6. The van der Waals surface area contributed by atoms with Crippen LogP contribution < -0.4 is 5.01 Å². The fourth-order valence-electron chi connectivity index (χ4n) is 3.18. The minimum Gasteiger partial charge on any atom is -0.433 e. The maximum atomic E-state index is 6.16. The van der Waals surface area contributed by atoms with Crippen LogP contribution >= 0.6 is 23.4 Å². The van der Waals surface area contributed by atoms with E-state index in [4.69, 9.17) is 11.6 Å². The van der Waals surface area contributed by atoms with Gasteiger partial charge >= 0.3 is 0 Å². The van der Waals surface area contributed by atoms with Crippen LogP contribution in [0.2, 0.25) is 0 Å². The van der Waals surface area contributed by atoms with E-state index in [0.29, 0.717) is 5.29 Å². The van der Waals surface area contributed by atoms with E-state index in [1.165, 1.54) is 10.5 Å². The third-order valence-electron chi connectivity index (χ3n) is 4.33. The second-order valence-corrected chi connectivity index (χ2v) is 7.49. The van der Waals surface area contributed by atoms with Gasteiger partial charge in [-0.3, -0.25) is 10.4 Å². The second kappa shape index (κ2) is 7.51. The summed E-state index contributed by atoms with van der Waals surface area (Å²) in [7, 11) is 0. The van der Waals surface area contributed by atoms with Crippen molar-refractivity contribution in [3.8, 4) is 0 Å². The summed E-state index contributed by atoms with van der Waals surface area (Å²) in [6.45, 7) is 0.872. The van der Waals surface area contributed by atoms with E-state index in [0.717, 1.165) is 23.5 Å². The predicted octanol–water partition coefficient (Wildman–Crippen LogP) is 4.20. The monoisotopic (exact) mass is 367 g/mol. The fourth-order valence-corrected chi connectivity index (χ4v) is 4.79. The summed E-state index contributed by atoms with van der Waals surface area (Å²) in [5.41, 5.74) is 10.3. The first kappa shape index (κ1) is 16.5. The maximum absolute atomic E-state index is 6.16. The lowest BCUT2D eigenvalue weighted by Gasteiger charge is -2.38. The average Bonchev–Trinajstić information content (AvgIpc) is 3.00. The number of aliphatic imine (C=N–C) groups is 1.